The van der Waals surface area contributed by atoms with E-state index in [4.69, 9.17) is 10.8 Å². The number of hydrogen-bond acceptors (Lipinski definition) is 1. The maximum absolute atomic E-state index is 7.95. The van der Waals surface area contributed by atoms with Crippen LogP contribution in [0.3, 0.4) is 0 Å². The molecule has 0 rings (SSSR count). The molecular formula is C3H8NO. The fraction of sp³-hybridized carbons (Fsp3) is 1.00. The van der Waals surface area contributed by atoms with Crippen molar-refractivity contribution in [2.75, 3.05) is 13.2 Å². The quantitative estimate of drug-likeness (QED) is 0.478. The summed E-state index contributed by atoms with van der Waals surface area (Å²) in [4.78, 5) is 0. The minimum atomic E-state index is 0.156. The summed E-state index contributed by atoms with van der Waals surface area (Å²) < 4.78 is 0. The van der Waals surface area contributed by atoms with Gasteiger partial charge in [-0.3, -0.25) is 5.73 Å². The van der Waals surface area contributed by atoms with Crippen molar-refractivity contribution in [1.29, 1.82) is 0 Å². The van der Waals surface area contributed by atoms with E-state index in [9.17, 15) is 0 Å². The molecule has 0 aromatic heterocycles. The summed E-state index contributed by atoms with van der Waals surface area (Å²) >= 11 is 0. The second-order valence-corrected chi connectivity index (χ2v) is 0.827. The van der Waals surface area contributed by atoms with Gasteiger partial charge in [0.2, 0.25) is 0 Å². The highest BCUT2D eigenvalue weighted by molar-refractivity contribution is 4.27. The molecule has 1 radical (unpaired) electrons. The maximum atomic E-state index is 7.95. The van der Waals surface area contributed by atoms with Crippen molar-refractivity contribution in [1.82, 2.24) is 5.73 Å². The molecule has 0 aliphatic carbocycles. The van der Waals surface area contributed by atoms with Crippen LogP contribution in [0.2, 0.25) is 0 Å². The molecule has 0 atom stereocenters. The van der Waals surface area contributed by atoms with Gasteiger partial charge in [-0.05, 0) is 6.42 Å². The average Bonchev–Trinajstić information content (AvgIpc) is 1.41. The highest BCUT2D eigenvalue weighted by Gasteiger charge is 1.70. The van der Waals surface area contributed by atoms with Crippen molar-refractivity contribution in [3.8, 4) is 0 Å². The smallest absolute Gasteiger partial charge is 0.0443 e. The van der Waals surface area contributed by atoms with Crippen molar-refractivity contribution < 1.29 is 5.11 Å². The first kappa shape index (κ1) is 4.92. The predicted octanol–water partition coefficient (Wildman–Crippen LogP) is -0.348. The highest BCUT2D eigenvalue weighted by atomic mass is 16.2. The van der Waals surface area contributed by atoms with Gasteiger partial charge < -0.3 is 5.11 Å². The van der Waals surface area contributed by atoms with E-state index in [-0.39, 0.29) is 6.61 Å². The van der Waals surface area contributed by atoms with Gasteiger partial charge in [-0.2, -0.15) is 0 Å². The van der Waals surface area contributed by atoms with Crippen LogP contribution in [0.1, 0.15) is 6.42 Å². The van der Waals surface area contributed by atoms with Crippen LogP contribution in [0.5, 0.6) is 0 Å². The van der Waals surface area contributed by atoms with Crippen molar-refractivity contribution in [2.24, 2.45) is 0 Å². The van der Waals surface area contributed by atoms with Gasteiger partial charge in [0.15, 0.2) is 0 Å². The van der Waals surface area contributed by atoms with Gasteiger partial charge in [0.05, 0.1) is 0 Å². The molecule has 2 nitrogen and oxygen atoms in total. The Morgan fingerprint density at radius 2 is 2.20 bits per heavy atom. The lowest BCUT2D eigenvalue weighted by atomic mass is 10.5. The second kappa shape index (κ2) is 3.92. The van der Waals surface area contributed by atoms with E-state index in [0.717, 1.165) is 0 Å². The van der Waals surface area contributed by atoms with Crippen LogP contribution in [-0.4, -0.2) is 18.3 Å². The molecule has 0 fully saturated rings. The van der Waals surface area contributed by atoms with Crippen LogP contribution < -0.4 is 5.73 Å². The Bertz CT molecular complexity index is 14.4. The Kier molecular flexibility index (Phi) is 3.86. The number of aliphatic hydroxyl groups is 1. The average molecular weight is 74.1 g/mol. The third kappa shape index (κ3) is 3.92. The van der Waals surface area contributed by atoms with Crippen LogP contribution in [-0.2, 0) is 0 Å². The standard InChI is InChI=1S/C3H8NO/c4-2-1-3-5/h4-5H,1-3H2. The number of rotatable bonds is 2. The molecule has 0 bridgehead atoms. The first-order valence-corrected chi connectivity index (χ1v) is 1.67. The first-order valence-electron chi connectivity index (χ1n) is 1.67. The van der Waals surface area contributed by atoms with Gasteiger partial charge in [0, 0.05) is 13.2 Å². The lowest BCUT2D eigenvalue weighted by Crippen LogP contribution is -1.87. The van der Waals surface area contributed by atoms with E-state index >= 15 is 0 Å². The first-order chi connectivity index (χ1) is 2.41. The predicted molar refractivity (Wildman–Crippen MR) is 19.7 cm³/mol. The fourth-order valence-electron chi connectivity index (χ4n) is 0.0791. The van der Waals surface area contributed by atoms with E-state index < -0.39 is 0 Å². The van der Waals surface area contributed by atoms with Crippen molar-refractivity contribution in [2.45, 2.75) is 6.42 Å². The fourth-order valence-corrected chi connectivity index (χ4v) is 0.0791. The number of hydrogen-bond donors (Lipinski definition) is 1. The van der Waals surface area contributed by atoms with Crippen LogP contribution >= 0.6 is 0 Å². The molecule has 0 unspecified atom stereocenters. The van der Waals surface area contributed by atoms with Crippen LogP contribution in [0.4, 0.5) is 0 Å². The minimum Gasteiger partial charge on any atom is -0.396 e. The molecular weight excluding hydrogens is 66.0 g/mol. The third-order valence-corrected chi connectivity index (χ3v) is 0.335. The van der Waals surface area contributed by atoms with Crippen LogP contribution in [0, 0.1) is 0 Å². The van der Waals surface area contributed by atoms with Crippen LogP contribution in [0.25, 0.3) is 0 Å². The Balaban J connectivity index is 2.19. The van der Waals surface area contributed by atoms with Gasteiger partial charge in [0.1, 0.15) is 0 Å². The SMILES string of the molecule is [NH]CCCO. The van der Waals surface area contributed by atoms with E-state index in [1.165, 1.54) is 0 Å². The van der Waals surface area contributed by atoms with Gasteiger partial charge in [-0.25, -0.2) is 0 Å². The topological polar surface area (TPSA) is 44.0 Å². The summed E-state index contributed by atoms with van der Waals surface area (Å²) in [5.74, 6) is 0. The highest BCUT2D eigenvalue weighted by Crippen LogP contribution is 1.64. The van der Waals surface area contributed by atoms with Crippen molar-refractivity contribution in [3.05, 3.63) is 0 Å². The van der Waals surface area contributed by atoms with Crippen LogP contribution in [0.15, 0.2) is 0 Å². The zero-order valence-corrected chi connectivity index (χ0v) is 3.07. The molecule has 0 heterocycles. The normalized spacial score (nSPS) is 8.40. The van der Waals surface area contributed by atoms with E-state index in [1.807, 2.05) is 0 Å². The molecule has 5 heavy (non-hydrogen) atoms. The molecule has 0 spiro atoms. The summed E-state index contributed by atoms with van der Waals surface area (Å²) in [5, 5.41) is 7.95. The Morgan fingerprint density at radius 3 is 2.20 bits per heavy atom. The molecule has 0 aromatic carbocycles. The summed E-state index contributed by atoms with van der Waals surface area (Å²) in [6.07, 6.45) is 0.611. The zero-order valence-electron chi connectivity index (χ0n) is 3.07. The summed E-state index contributed by atoms with van der Waals surface area (Å²) in [6, 6.07) is 0. The van der Waals surface area contributed by atoms with Crippen molar-refractivity contribution in [3.63, 3.8) is 0 Å². The Morgan fingerprint density at radius 1 is 1.60 bits per heavy atom. The van der Waals surface area contributed by atoms with Crippen molar-refractivity contribution >= 4 is 0 Å². The van der Waals surface area contributed by atoms with Gasteiger partial charge in [-0.15, -0.1) is 0 Å². The molecule has 0 aliphatic rings. The largest absolute Gasteiger partial charge is 0.396 e. The lowest BCUT2D eigenvalue weighted by Gasteiger charge is -1.79. The second-order valence-electron chi connectivity index (χ2n) is 0.827. The molecule has 31 valence electrons. The summed E-state index contributed by atoms with van der Waals surface area (Å²) in [7, 11) is 0. The number of aliphatic hydroxyl groups excluding tert-OH is 1. The van der Waals surface area contributed by atoms with E-state index in [1.54, 1.807) is 0 Å². The molecule has 0 aromatic rings. The Labute approximate surface area is 31.6 Å². The summed E-state index contributed by atoms with van der Waals surface area (Å²) in [5.41, 5.74) is 6.44. The zero-order chi connectivity index (χ0) is 4.12. The van der Waals surface area contributed by atoms with E-state index in [0.29, 0.717) is 13.0 Å². The monoisotopic (exact) mass is 74.1 g/mol. The number of nitrogens with one attached hydrogen (secondary N) is 1. The third-order valence-electron chi connectivity index (χ3n) is 0.335. The molecule has 0 saturated carbocycles. The van der Waals surface area contributed by atoms with Gasteiger partial charge in [0.25, 0.3) is 0 Å². The van der Waals surface area contributed by atoms with Gasteiger partial charge >= 0.3 is 0 Å². The minimum absolute atomic E-state index is 0.156. The lowest BCUT2D eigenvalue weighted by molar-refractivity contribution is 0.290. The molecule has 0 amide bonds. The maximum Gasteiger partial charge on any atom is 0.0443 e. The molecule has 2 heteroatoms. The molecule has 2 N–H and O–H groups in total. The van der Waals surface area contributed by atoms with Gasteiger partial charge in [-0.1, -0.05) is 0 Å². The summed E-state index contributed by atoms with van der Waals surface area (Å²) in [6.45, 7) is 0.500. The Hall–Kier alpha value is -0.0800. The molecule has 0 saturated heterocycles. The van der Waals surface area contributed by atoms with E-state index in [2.05, 4.69) is 0 Å². The molecule has 0 aliphatic heterocycles.